The first-order valence-corrected chi connectivity index (χ1v) is 7.02. The SMILES string of the molecule is Cc1ccc2c(=O)n(C3CCCNC3)c(=O)n(C)c2c1. The normalized spacial score (nSPS) is 19.4. The van der Waals surface area contributed by atoms with Crippen LogP contribution in [0.5, 0.6) is 0 Å². The summed E-state index contributed by atoms with van der Waals surface area (Å²) in [4.78, 5) is 25.1. The summed E-state index contributed by atoms with van der Waals surface area (Å²) in [5.41, 5.74) is 1.36. The molecule has 1 aliphatic heterocycles. The van der Waals surface area contributed by atoms with Crippen LogP contribution >= 0.6 is 0 Å². The van der Waals surface area contributed by atoms with Crippen LogP contribution in [-0.2, 0) is 7.05 Å². The Morgan fingerprint density at radius 3 is 2.80 bits per heavy atom. The van der Waals surface area contributed by atoms with Crippen molar-refractivity contribution >= 4 is 10.9 Å². The molecule has 5 heteroatoms. The highest BCUT2D eigenvalue weighted by Gasteiger charge is 2.21. The summed E-state index contributed by atoms with van der Waals surface area (Å²) < 4.78 is 3.00. The molecule has 1 atom stereocenters. The third-order valence-corrected chi connectivity index (χ3v) is 4.09. The fourth-order valence-electron chi connectivity index (χ4n) is 2.96. The van der Waals surface area contributed by atoms with Gasteiger partial charge in [-0.2, -0.15) is 0 Å². The lowest BCUT2D eigenvalue weighted by atomic mass is 10.1. The Labute approximate surface area is 116 Å². The Kier molecular flexibility index (Phi) is 3.22. The first-order chi connectivity index (χ1) is 9.59. The highest BCUT2D eigenvalue weighted by molar-refractivity contribution is 5.78. The molecule has 1 unspecified atom stereocenters. The van der Waals surface area contributed by atoms with Crippen LogP contribution in [-0.4, -0.2) is 22.2 Å². The Hall–Kier alpha value is -1.88. The van der Waals surface area contributed by atoms with Gasteiger partial charge in [0.1, 0.15) is 0 Å². The van der Waals surface area contributed by atoms with Crippen LogP contribution in [0.15, 0.2) is 27.8 Å². The van der Waals surface area contributed by atoms with Crippen molar-refractivity contribution in [3.8, 4) is 0 Å². The molecule has 20 heavy (non-hydrogen) atoms. The lowest BCUT2D eigenvalue weighted by Crippen LogP contribution is -2.46. The number of aryl methyl sites for hydroxylation is 2. The summed E-state index contributed by atoms with van der Waals surface area (Å²) in [6, 6.07) is 5.58. The molecule has 1 aromatic heterocycles. The molecule has 2 heterocycles. The first-order valence-electron chi connectivity index (χ1n) is 7.02. The summed E-state index contributed by atoms with van der Waals surface area (Å²) in [5.74, 6) is 0. The van der Waals surface area contributed by atoms with E-state index in [4.69, 9.17) is 0 Å². The van der Waals surface area contributed by atoms with E-state index >= 15 is 0 Å². The van der Waals surface area contributed by atoms with Crippen molar-refractivity contribution in [1.82, 2.24) is 14.5 Å². The second kappa shape index (κ2) is 4.90. The molecule has 0 bridgehead atoms. The molecule has 0 amide bonds. The molecule has 3 rings (SSSR count). The van der Waals surface area contributed by atoms with Crippen molar-refractivity contribution in [2.45, 2.75) is 25.8 Å². The Bertz CT molecular complexity index is 767. The maximum Gasteiger partial charge on any atom is 0.331 e. The fraction of sp³-hybridized carbons (Fsp3) is 0.467. The number of benzene rings is 1. The van der Waals surface area contributed by atoms with E-state index in [0.29, 0.717) is 17.4 Å². The number of rotatable bonds is 1. The van der Waals surface area contributed by atoms with Gasteiger partial charge in [0.25, 0.3) is 5.56 Å². The Morgan fingerprint density at radius 2 is 2.10 bits per heavy atom. The van der Waals surface area contributed by atoms with Crippen LogP contribution in [0.4, 0.5) is 0 Å². The molecule has 1 saturated heterocycles. The van der Waals surface area contributed by atoms with E-state index in [1.54, 1.807) is 11.6 Å². The van der Waals surface area contributed by atoms with Crippen molar-refractivity contribution in [3.05, 3.63) is 44.6 Å². The maximum atomic E-state index is 12.6. The number of nitrogens with one attached hydrogen (secondary N) is 1. The zero-order chi connectivity index (χ0) is 14.3. The van der Waals surface area contributed by atoms with E-state index in [1.165, 1.54) is 4.57 Å². The number of fused-ring (bicyclic) bond motifs is 1. The van der Waals surface area contributed by atoms with Crippen molar-refractivity contribution < 1.29 is 0 Å². The summed E-state index contributed by atoms with van der Waals surface area (Å²) in [6.45, 7) is 3.60. The van der Waals surface area contributed by atoms with E-state index in [1.807, 2.05) is 25.1 Å². The molecule has 5 nitrogen and oxygen atoms in total. The van der Waals surface area contributed by atoms with Gasteiger partial charge in [0.2, 0.25) is 0 Å². The van der Waals surface area contributed by atoms with Crippen LogP contribution in [0.25, 0.3) is 10.9 Å². The molecule has 1 fully saturated rings. The monoisotopic (exact) mass is 273 g/mol. The van der Waals surface area contributed by atoms with Gasteiger partial charge in [0.05, 0.1) is 16.9 Å². The van der Waals surface area contributed by atoms with Gasteiger partial charge in [-0.3, -0.25) is 13.9 Å². The second-order valence-corrected chi connectivity index (χ2v) is 5.54. The predicted molar refractivity (Wildman–Crippen MR) is 79.3 cm³/mol. The molecular weight excluding hydrogens is 254 g/mol. The third-order valence-electron chi connectivity index (χ3n) is 4.09. The van der Waals surface area contributed by atoms with E-state index in [0.717, 1.165) is 24.9 Å². The molecule has 0 aliphatic carbocycles. The second-order valence-electron chi connectivity index (χ2n) is 5.54. The van der Waals surface area contributed by atoms with Gasteiger partial charge in [-0.05, 0) is 44.0 Å². The van der Waals surface area contributed by atoms with Gasteiger partial charge in [-0.25, -0.2) is 4.79 Å². The fourth-order valence-corrected chi connectivity index (χ4v) is 2.96. The van der Waals surface area contributed by atoms with Gasteiger partial charge in [0, 0.05) is 13.6 Å². The quantitative estimate of drug-likeness (QED) is 0.841. The number of aromatic nitrogens is 2. The molecule has 0 spiro atoms. The van der Waals surface area contributed by atoms with Crippen molar-refractivity contribution in [2.24, 2.45) is 7.05 Å². The van der Waals surface area contributed by atoms with Gasteiger partial charge in [-0.15, -0.1) is 0 Å². The largest absolute Gasteiger partial charge is 0.331 e. The molecule has 1 aliphatic rings. The van der Waals surface area contributed by atoms with Crippen LogP contribution in [0.2, 0.25) is 0 Å². The lowest BCUT2D eigenvalue weighted by Gasteiger charge is -2.25. The molecular formula is C15H19N3O2. The number of nitrogens with zero attached hydrogens (tertiary/aromatic N) is 2. The molecule has 2 aromatic rings. The molecule has 0 radical (unpaired) electrons. The number of hydrogen-bond acceptors (Lipinski definition) is 3. The van der Waals surface area contributed by atoms with Gasteiger partial charge < -0.3 is 5.32 Å². The molecule has 106 valence electrons. The van der Waals surface area contributed by atoms with Crippen LogP contribution in [0.3, 0.4) is 0 Å². The number of hydrogen-bond donors (Lipinski definition) is 1. The average molecular weight is 273 g/mol. The van der Waals surface area contributed by atoms with Gasteiger partial charge in [0.15, 0.2) is 0 Å². The minimum absolute atomic E-state index is 0.0411. The van der Waals surface area contributed by atoms with E-state index in [-0.39, 0.29) is 17.3 Å². The van der Waals surface area contributed by atoms with Crippen molar-refractivity contribution in [1.29, 1.82) is 0 Å². The standard InChI is InChI=1S/C15H19N3O2/c1-10-5-6-12-13(8-10)17(2)15(20)18(14(12)19)11-4-3-7-16-9-11/h5-6,8,11,16H,3-4,7,9H2,1-2H3. The van der Waals surface area contributed by atoms with Gasteiger partial charge in [-0.1, -0.05) is 6.07 Å². The zero-order valence-electron chi connectivity index (χ0n) is 11.8. The average Bonchev–Trinajstić information content (AvgIpc) is 2.46. The molecule has 1 N–H and O–H groups in total. The van der Waals surface area contributed by atoms with Gasteiger partial charge >= 0.3 is 5.69 Å². The van der Waals surface area contributed by atoms with E-state index < -0.39 is 0 Å². The minimum atomic E-state index is -0.221. The topological polar surface area (TPSA) is 56.0 Å². The molecule has 1 aromatic carbocycles. The van der Waals surface area contributed by atoms with Crippen molar-refractivity contribution in [3.63, 3.8) is 0 Å². The zero-order valence-corrected chi connectivity index (χ0v) is 11.8. The van der Waals surface area contributed by atoms with E-state index in [2.05, 4.69) is 5.32 Å². The van der Waals surface area contributed by atoms with Crippen LogP contribution in [0, 0.1) is 6.92 Å². The van der Waals surface area contributed by atoms with Crippen LogP contribution in [0.1, 0.15) is 24.4 Å². The minimum Gasteiger partial charge on any atom is -0.315 e. The Balaban J connectivity index is 2.30. The summed E-state index contributed by atoms with van der Waals surface area (Å²) >= 11 is 0. The van der Waals surface area contributed by atoms with Crippen LogP contribution < -0.4 is 16.6 Å². The van der Waals surface area contributed by atoms with E-state index in [9.17, 15) is 9.59 Å². The highest BCUT2D eigenvalue weighted by atomic mass is 16.2. The Morgan fingerprint density at radius 1 is 1.30 bits per heavy atom. The molecule has 0 saturated carbocycles. The summed E-state index contributed by atoms with van der Waals surface area (Å²) in [7, 11) is 1.73. The third kappa shape index (κ3) is 1.98. The number of piperidine rings is 1. The first kappa shape index (κ1) is 13.1. The summed E-state index contributed by atoms with van der Waals surface area (Å²) in [5, 5.41) is 3.87. The highest BCUT2D eigenvalue weighted by Crippen LogP contribution is 2.15. The summed E-state index contributed by atoms with van der Waals surface area (Å²) in [6.07, 6.45) is 1.87. The predicted octanol–water partition coefficient (Wildman–Crippen LogP) is 0.933. The van der Waals surface area contributed by atoms with Crippen molar-refractivity contribution in [2.75, 3.05) is 13.1 Å². The smallest absolute Gasteiger partial charge is 0.315 e. The lowest BCUT2D eigenvalue weighted by molar-refractivity contribution is 0.351. The maximum absolute atomic E-state index is 12.6.